The van der Waals surface area contributed by atoms with E-state index in [9.17, 15) is 22.0 Å². The van der Waals surface area contributed by atoms with E-state index in [-0.39, 0.29) is 6.42 Å². The minimum absolute atomic E-state index is 0.272. The van der Waals surface area contributed by atoms with E-state index in [1.807, 2.05) is 0 Å². The van der Waals surface area contributed by atoms with Gasteiger partial charge in [-0.25, -0.2) is 8.78 Å². The lowest BCUT2D eigenvalue weighted by Crippen LogP contribution is -2.41. The van der Waals surface area contributed by atoms with Gasteiger partial charge in [0.1, 0.15) is 17.9 Å². The third kappa shape index (κ3) is 2.45. The van der Waals surface area contributed by atoms with Crippen LogP contribution in [0.1, 0.15) is 6.42 Å². The van der Waals surface area contributed by atoms with Crippen LogP contribution in [0.5, 0.6) is 0 Å². The second kappa shape index (κ2) is 4.57. The fourth-order valence-corrected chi connectivity index (χ4v) is 1.78. The first-order valence-electron chi connectivity index (χ1n) is 4.39. The van der Waals surface area contributed by atoms with Crippen LogP contribution in [0.3, 0.4) is 0 Å². The molecule has 90 valence electrons. The topological polar surface area (TPSA) is 23.9 Å². The molecule has 7 heteroatoms. The number of alkyl halides is 4. The van der Waals surface area contributed by atoms with Crippen LogP contribution in [0.15, 0.2) is 11.9 Å². The predicted octanol–water partition coefficient (Wildman–Crippen LogP) is 3.40. The molecule has 0 radical (unpaired) electrons. The van der Waals surface area contributed by atoms with Gasteiger partial charge in [0.05, 0.1) is 0 Å². The molecule has 1 rings (SSSR count). The van der Waals surface area contributed by atoms with Crippen LogP contribution in [0.2, 0.25) is 0 Å². The van der Waals surface area contributed by atoms with Gasteiger partial charge in [-0.2, -0.15) is 13.2 Å². The van der Waals surface area contributed by atoms with Crippen LogP contribution >= 0.6 is 12.2 Å². The van der Waals surface area contributed by atoms with E-state index in [0.717, 1.165) is 5.37 Å². The van der Waals surface area contributed by atoms with E-state index in [2.05, 4.69) is 12.2 Å². The van der Waals surface area contributed by atoms with Gasteiger partial charge in [0.25, 0.3) is 0 Å². The van der Waals surface area contributed by atoms with Gasteiger partial charge in [-0.3, -0.25) is 0 Å². The zero-order valence-electron chi connectivity index (χ0n) is 7.89. The van der Waals surface area contributed by atoms with Crippen molar-refractivity contribution in [3.63, 3.8) is 0 Å². The molecule has 0 saturated carbocycles. The molecule has 0 aliphatic heterocycles. The Kier molecular flexibility index (Phi) is 3.77. The molecule has 0 aromatic heterocycles. The molecule has 0 saturated heterocycles. The van der Waals surface area contributed by atoms with Crippen LogP contribution in [-0.2, 0) is 0 Å². The van der Waals surface area contributed by atoms with Gasteiger partial charge in [0, 0.05) is 17.0 Å². The lowest BCUT2D eigenvalue weighted by Gasteiger charge is -2.31. The molecular weight excluding hydrogens is 249 g/mol. The van der Waals surface area contributed by atoms with E-state index in [0.29, 0.717) is 6.08 Å². The highest BCUT2D eigenvalue weighted by molar-refractivity contribution is 7.80. The molecule has 0 spiro atoms. The molecule has 1 N–H and O–H groups in total. The van der Waals surface area contributed by atoms with Crippen LogP contribution in [0.4, 0.5) is 22.0 Å². The molecule has 0 amide bonds. The monoisotopic (exact) mass is 257 g/mol. The maximum absolute atomic E-state index is 13.5. The van der Waals surface area contributed by atoms with Crippen molar-refractivity contribution in [3.05, 3.63) is 11.9 Å². The van der Waals surface area contributed by atoms with Crippen molar-refractivity contribution in [2.24, 2.45) is 11.8 Å². The third-order valence-corrected chi connectivity index (χ3v) is 2.70. The van der Waals surface area contributed by atoms with Crippen molar-refractivity contribution in [1.29, 1.82) is 5.41 Å². The maximum Gasteiger partial charge on any atom is 0.400 e. The number of thiocarbonyl (C=S) groups is 1. The smallest absolute Gasteiger partial charge is 0.304 e. The summed E-state index contributed by atoms with van der Waals surface area (Å²) in [5.74, 6) is -5.61. The zero-order valence-corrected chi connectivity index (χ0v) is 8.71. The molecule has 0 aromatic carbocycles. The average Bonchev–Trinajstić information content (AvgIpc) is 2.14. The lowest BCUT2D eigenvalue weighted by molar-refractivity contribution is -0.188. The minimum Gasteiger partial charge on any atom is -0.304 e. The second-order valence-electron chi connectivity index (χ2n) is 3.47. The number of rotatable bonds is 2. The molecule has 1 aliphatic rings. The summed E-state index contributed by atoms with van der Waals surface area (Å²) in [4.78, 5) is 0. The highest BCUT2D eigenvalue weighted by Crippen LogP contribution is 2.43. The van der Waals surface area contributed by atoms with E-state index in [1.165, 1.54) is 0 Å². The quantitative estimate of drug-likeness (QED) is 0.457. The van der Waals surface area contributed by atoms with E-state index in [4.69, 9.17) is 5.41 Å². The normalized spacial score (nSPS) is 30.8. The molecule has 3 unspecified atom stereocenters. The summed E-state index contributed by atoms with van der Waals surface area (Å²) in [6.45, 7) is 0. The number of hydrogen-bond donors (Lipinski definition) is 1. The largest absolute Gasteiger partial charge is 0.400 e. The predicted molar refractivity (Wildman–Crippen MR) is 53.1 cm³/mol. The summed E-state index contributed by atoms with van der Waals surface area (Å²) in [5.41, 5.74) is -0.416. The summed E-state index contributed by atoms with van der Waals surface area (Å²) in [7, 11) is 0. The molecule has 16 heavy (non-hydrogen) atoms. The van der Waals surface area contributed by atoms with Crippen LogP contribution in [0.25, 0.3) is 0 Å². The summed E-state index contributed by atoms with van der Waals surface area (Å²) in [6, 6.07) is 0. The Morgan fingerprint density at radius 2 is 2.06 bits per heavy atom. The number of nitrogens with one attached hydrogen (secondary N) is 1. The van der Waals surface area contributed by atoms with Gasteiger partial charge in [-0.05, 0) is 6.42 Å². The Balaban J connectivity index is 3.02. The Morgan fingerprint density at radius 3 is 2.50 bits per heavy atom. The third-order valence-electron chi connectivity index (χ3n) is 2.45. The van der Waals surface area contributed by atoms with Crippen LogP contribution < -0.4 is 0 Å². The van der Waals surface area contributed by atoms with E-state index < -0.39 is 35.7 Å². The van der Waals surface area contributed by atoms with Crippen molar-refractivity contribution in [1.82, 2.24) is 0 Å². The molecular formula is C9H8F5NS. The first kappa shape index (κ1) is 13.2. The van der Waals surface area contributed by atoms with Gasteiger partial charge < -0.3 is 5.41 Å². The Labute approximate surface area is 93.8 Å². The molecule has 3 atom stereocenters. The summed E-state index contributed by atoms with van der Waals surface area (Å²) in [5, 5.41) is 8.01. The summed E-state index contributed by atoms with van der Waals surface area (Å²) >= 11 is 4.36. The molecule has 0 fully saturated rings. The second-order valence-corrected chi connectivity index (χ2v) is 3.70. The van der Waals surface area contributed by atoms with Crippen LogP contribution in [0, 0.1) is 17.2 Å². The lowest BCUT2D eigenvalue weighted by atomic mass is 9.81. The number of halogens is 5. The molecule has 1 aliphatic carbocycles. The molecule has 1 nitrogen and oxygen atoms in total. The average molecular weight is 257 g/mol. The van der Waals surface area contributed by atoms with Gasteiger partial charge >= 0.3 is 6.18 Å². The SMILES string of the molecule is N=C(C=S)C1CC=C(F)C(C(F)(F)F)C1F. The number of allylic oxidation sites excluding steroid dienone is 2. The summed E-state index contributed by atoms with van der Waals surface area (Å²) < 4.78 is 63.5. The Hall–Kier alpha value is -0.850. The van der Waals surface area contributed by atoms with Crippen molar-refractivity contribution >= 4 is 23.3 Å². The van der Waals surface area contributed by atoms with Crippen LogP contribution in [-0.4, -0.2) is 23.4 Å². The minimum atomic E-state index is -4.99. The molecule has 0 bridgehead atoms. The standard InChI is InChI=1S/C9H8F5NS/c10-5-2-1-4(6(15)3-16)8(11)7(5)9(12,13)14/h2-4,7-8,15H,1H2. The molecule has 0 aromatic rings. The van der Waals surface area contributed by atoms with Crippen molar-refractivity contribution in [2.45, 2.75) is 18.8 Å². The fourth-order valence-electron chi connectivity index (χ4n) is 1.60. The van der Waals surface area contributed by atoms with Gasteiger partial charge in [-0.1, -0.05) is 18.3 Å². The van der Waals surface area contributed by atoms with Gasteiger partial charge in [0.15, 0.2) is 0 Å². The molecule has 0 heterocycles. The van der Waals surface area contributed by atoms with E-state index >= 15 is 0 Å². The van der Waals surface area contributed by atoms with Gasteiger partial charge in [0.2, 0.25) is 0 Å². The van der Waals surface area contributed by atoms with E-state index in [1.54, 1.807) is 0 Å². The Morgan fingerprint density at radius 1 is 1.50 bits per heavy atom. The van der Waals surface area contributed by atoms with Crippen molar-refractivity contribution in [2.75, 3.05) is 0 Å². The van der Waals surface area contributed by atoms with Gasteiger partial charge in [-0.15, -0.1) is 0 Å². The highest BCUT2D eigenvalue weighted by atomic mass is 32.1. The zero-order chi connectivity index (χ0) is 12.5. The number of hydrogen-bond acceptors (Lipinski definition) is 2. The fraction of sp³-hybridized carbons (Fsp3) is 0.556. The highest BCUT2D eigenvalue weighted by Gasteiger charge is 2.52. The first-order chi connectivity index (χ1) is 7.29. The summed E-state index contributed by atoms with van der Waals surface area (Å²) in [6.07, 6.45) is -7.07. The maximum atomic E-state index is 13.5. The first-order valence-corrected chi connectivity index (χ1v) is 4.86. The van der Waals surface area contributed by atoms with Crippen molar-refractivity contribution < 1.29 is 22.0 Å². The Bertz CT molecular complexity index is 335. The van der Waals surface area contributed by atoms with Crippen molar-refractivity contribution in [3.8, 4) is 0 Å².